The van der Waals surface area contributed by atoms with Crippen molar-refractivity contribution in [3.05, 3.63) is 21.7 Å². The van der Waals surface area contributed by atoms with Gasteiger partial charge in [-0.15, -0.1) is 4.74 Å². The number of aromatic nitrogens is 1. The zero-order valence-electron chi connectivity index (χ0n) is 11.8. The summed E-state index contributed by atoms with van der Waals surface area (Å²) in [6, 6.07) is -0.227. The van der Waals surface area contributed by atoms with Crippen LogP contribution in [0.1, 0.15) is 45.4 Å². The van der Waals surface area contributed by atoms with Gasteiger partial charge in [0, 0.05) is 13.1 Å². The molecule has 0 N–H and O–H groups in total. The van der Waals surface area contributed by atoms with Crippen LogP contribution in [0.5, 0.6) is 0 Å². The van der Waals surface area contributed by atoms with Crippen molar-refractivity contribution in [3.63, 3.8) is 0 Å². The van der Waals surface area contributed by atoms with Gasteiger partial charge in [-0.1, -0.05) is 20.3 Å². The van der Waals surface area contributed by atoms with Crippen LogP contribution in [-0.4, -0.2) is 28.8 Å². The second kappa shape index (κ2) is 5.89. The third kappa shape index (κ3) is 2.66. The Morgan fingerprint density at radius 1 is 1.39 bits per heavy atom. The van der Waals surface area contributed by atoms with Gasteiger partial charge in [0.05, 0.1) is 11.3 Å². The van der Waals surface area contributed by atoms with E-state index >= 15 is 0 Å². The van der Waals surface area contributed by atoms with Gasteiger partial charge in [0.1, 0.15) is 0 Å². The van der Waals surface area contributed by atoms with Crippen LogP contribution in [0.15, 0.2) is 9.32 Å². The van der Waals surface area contributed by atoms with Crippen LogP contribution in [0.3, 0.4) is 0 Å². The van der Waals surface area contributed by atoms with Crippen LogP contribution < -0.4 is 5.63 Å². The molecule has 1 aromatic rings. The molecule has 0 spiro atoms. The lowest BCUT2D eigenvalue weighted by molar-refractivity contribution is 0.163. The summed E-state index contributed by atoms with van der Waals surface area (Å²) < 4.78 is 6.25. The number of hydrogen-bond acceptors (Lipinski definition) is 3. The third-order valence-corrected chi connectivity index (χ3v) is 3.10. The zero-order chi connectivity index (χ0) is 13.9. The quantitative estimate of drug-likeness (QED) is 0.828. The number of nitrogens with zero attached hydrogens (tertiary/aromatic N) is 2. The molecule has 18 heavy (non-hydrogen) atoms. The molecule has 0 saturated carbocycles. The fraction of sp³-hybridized carbons (Fsp3) is 0.692. The van der Waals surface area contributed by atoms with Gasteiger partial charge < -0.3 is 9.42 Å². The van der Waals surface area contributed by atoms with Gasteiger partial charge in [0.15, 0.2) is 0 Å². The molecular weight excluding hydrogens is 232 g/mol. The maximum atomic E-state index is 12.2. The molecule has 0 aromatic carbocycles. The third-order valence-electron chi connectivity index (χ3n) is 3.10. The standard InChI is InChI=1S/C13H22N2O3/c1-6-8-11-10(7-2)12(16)18-15(11)13(17)14(5)9(3)4/h9H,6-8H2,1-5H3. The first-order valence-corrected chi connectivity index (χ1v) is 6.45. The van der Waals surface area contributed by atoms with E-state index in [2.05, 4.69) is 0 Å². The van der Waals surface area contributed by atoms with Crippen molar-refractivity contribution in [1.29, 1.82) is 0 Å². The number of rotatable bonds is 4. The minimum absolute atomic E-state index is 0.0600. The smallest absolute Gasteiger partial charge is 0.327 e. The molecule has 0 atom stereocenters. The van der Waals surface area contributed by atoms with Crippen LogP contribution >= 0.6 is 0 Å². The minimum atomic E-state index is -0.397. The second-order valence-electron chi connectivity index (χ2n) is 4.69. The van der Waals surface area contributed by atoms with Crippen molar-refractivity contribution >= 4 is 6.03 Å². The maximum absolute atomic E-state index is 12.2. The van der Waals surface area contributed by atoms with Gasteiger partial charge in [0.2, 0.25) is 0 Å². The summed E-state index contributed by atoms with van der Waals surface area (Å²) in [5.74, 6) is 0. The average molecular weight is 254 g/mol. The molecule has 5 heteroatoms. The molecule has 0 bridgehead atoms. The topological polar surface area (TPSA) is 55.5 Å². The van der Waals surface area contributed by atoms with Gasteiger partial charge in [-0.2, -0.15) is 0 Å². The molecular formula is C13H22N2O3. The Kier molecular flexibility index (Phi) is 4.76. The highest BCUT2D eigenvalue weighted by atomic mass is 16.5. The van der Waals surface area contributed by atoms with E-state index in [1.54, 1.807) is 11.9 Å². The van der Waals surface area contributed by atoms with E-state index < -0.39 is 5.63 Å². The highest BCUT2D eigenvalue weighted by Crippen LogP contribution is 2.12. The Morgan fingerprint density at radius 2 is 2.00 bits per heavy atom. The van der Waals surface area contributed by atoms with Gasteiger partial charge in [-0.3, -0.25) is 0 Å². The van der Waals surface area contributed by atoms with Crippen LogP contribution in [0.2, 0.25) is 0 Å². The van der Waals surface area contributed by atoms with Gasteiger partial charge in [-0.25, -0.2) is 9.59 Å². The van der Waals surface area contributed by atoms with E-state index in [-0.39, 0.29) is 12.1 Å². The first-order chi connectivity index (χ1) is 8.43. The predicted octanol–water partition coefficient (Wildman–Crippen LogP) is 2.26. The number of amides is 1. The van der Waals surface area contributed by atoms with Crippen molar-refractivity contribution in [3.8, 4) is 0 Å². The summed E-state index contributed by atoms with van der Waals surface area (Å²) in [7, 11) is 1.70. The molecule has 0 fully saturated rings. The second-order valence-corrected chi connectivity index (χ2v) is 4.69. The van der Waals surface area contributed by atoms with E-state index in [4.69, 9.17) is 4.52 Å². The Labute approximate surface area is 107 Å². The molecule has 1 amide bonds. The lowest BCUT2D eigenvalue weighted by atomic mass is 10.1. The maximum Gasteiger partial charge on any atom is 0.361 e. The number of hydrogen-bond donors (Lipinski definition) is 0. The summed E-state index contributed by atoms with van der Waals surface area (Å²) in [6.45, 7) is 7.74. The van der Waals surface area contributed by atoms with Gasteiger partial charge >= 0.3 is 11.7 Å². The molecule has 0 saturated heterocycles. The minimum Gasteiger partial charge on any atom is -0.327 e. The molecule has 0 unspecified atom stereocenters. The number of carbonyl (C=O) groups is 1. The van der Waals surface area contributed by atoms with Crippen molar-refractivity contribution in [1.82, 2.24) is 9.64 Å². The summed E-state index contributed by atoms with van der Waals surface area (Å²) in [4.78, 5) is 25.5. The summed E-state index contributed by atoms with van der Waals surface area (Å²) >= 11 is 0. The van der Waals surface area contributed by atoms with E-state index in [9.17, 15) is 9.59 Å². The van der Waals surface area contributed by atoms with Gasteiger partial charge in [-0.05, 0) is 26.7 Å². The van der Waals surface area contributed by atoms with E-state index in [0.717, 1.165) is 11.2 Å². The lowest BCUT2D eigenvalue weighted by Gasteiger charge is -2.21. The molecule has 0 aliphatic heterocycles. The van der Waals surface area contributed by atoms with Crippen molar-refractivity contribution in [2.24, 2.45) is 0 Å². The SMILES string of the molecule is CCCc1c(CC)c(=O)on1C(=O)N(C)C(C)C. The highest BCUT2D eigenvalue weighted by molar-refractivity contribution is 5.76. The monoisotopic (exact) mass is 254 g/mol. The first-order valence-electron chi connectivity index (χ1n) is 6.45. The molecule has 0 aliphatic rings. The molecule has 5 nitrogen and oxygen atoms in total. The molecule has 1 heterocycles. The van der Waals surface area contributed by atoms with E-state index in [1.807, 2.05) is 27.7 Å². The molecule has 0 radical (unpaired) electrons. The fourth-order valence-electron chi connectivity index (χ4n) is 1.79. The summed E-state index contributed by atoms with van der Waals surface area (Å²) in [5.41, 5.74) is 0.927. The van der Waals surface area contributed by atoms with Crippen LogP contribution in [-0.2, 0) is 12.8 Å². The highest BCUT2D eigenvalue weighted by Gasteiger charge is 2.23. The molecule has 0 aliphatic carbocycles. The molecule has 1 aromatic heterocycles. The van der Waals surface area contributed by atoms with Crippen molar-refractivity contribution < 1.29 is 9.32 Å². The molecule has 102 valence electrons. The fourth-order valence-corrected chi connectivity index (χ4v) is 1.79. The van der Waals surface area contributed by atoms with Crippen molar-refractivity contribution in [2.75, 3.05) is 7.05 Å². The van der Waals surface area contributed by atoms with Crippen LogP contribution in [0, 0.1) is 0 Å². The molecule has 1 rings (SSSR count). The normalized spacial score (nSPS) is 11.0. The average Bonchev–Trinajstić information content (AvgIpc) is 2.64. The van der Waals surface area contributed by atoms with Crippen molar-refractivity contribution in [2.45, 2.75) is 53.0 Å². The lowest BCUT2D eigenvalue weighted by Crippen LogP contribution is -2.36. The van der Waals surface area contributed by atoms with Crippen LogP contribution in [0.4, 0.5) is 4.79 Å². The summed E-state index contributed by atoms with van der Waals surface area (Å²) in [6.07, 6.45) is 2.13. The first kappa shape index (κ1) is 14.5. The predicted molar refractivity (Wildman–Crippen MR) is 70.0 cm³/mol. The Morgan fingerprint density at radius 3 is 2.44 bits per heavy atom. The Bertz CT molecular complexity index is 471. The van der Waals surface area contributed by atoms with E-state index in [1.165, 1.54) is 0 Å². The van der Waals surface area contributed by atoms with Gasteiger partial charge in [0.25, 0.3) is 0 Å². The Balaban J connectivity index is 3.23. The van der Waals surface area contributed by atoms with Crippen LogP contribution in [0.25, 0.3) is 0 Å². The van der Waals surface area contributed by atoms with E-state index in [0.29, 0.717) is 24.1 Å². The summed E-state index contributed by atoms with van der Waals surface area (Å²) in [5, 5.41) is 0. The zero-order valence-corrected chi connectivity index (χ0v) is 11.8. The number of carbonyl (C=O) groups excluding carboxylic acids is 1. The largest absolute Gasteiger partial charge is 0.361 e. The Hall–Kier alpha value is -1.52.